The molecule has 0 atom stereocenters. The topological polar surface area (TPSA) is 85.9 Å². The second kappa shape index (κ2) is 6.66. The van der Waals surface area contributed by atoms with E-state index >= 15 is 0 Å². The number of thiazole rings is 1. The van der Waals surface area contributed by atoms with Gasteiger partial charge in [-0.05, 0) is 13.3 Å². The van der Waals surface area contributed by atoms with Crippen molar-refractivity contribution in [3.05, 3.63) is 31.9 Å². The van der Waals surface area contributed by atoms with Crippen LogP contribution >= 0.6 is 11.3 Å². The molecular weight excluding hydrogens is 290 g/mol. The van der Waals surface area contributed by atoms with Crippen molar-refractivity contribution in [2.45, 2.75) is 33.1 Å². The Balaban J connectivity index is 2.09. The molecule has 1 N–H and O–H groups in total. The molecule has 2 aromatic heterocycles. The smallest absolute Gasteiger partial charge is 0.333 e. The minimum atomic E-state index is -0.353. The summed E-state index contributed by atoms with van der Waals surface area (Å²) in [6.45, 7) is 4.53. The van der Waals surface area contributed by atoms with E-state index in [-0.39, 0.29) is 10.6 Å². The third kappa shape index (κ3) is 3.57. The summed E-state index contributed by atoms with van der Waals surface area (Å²) >= 11 is 1.61. The van der Waals surface area contributed by atoms with E-state index in [1.54, 1.807) is 23.1 Å². The highest BCUT2D eigenvalue weighted by atomic mass is 32.1. The Morgan fingerprint density at radius 3 is 2.81 bits per heavy atom. The van der Waals surface area contributed by atoms with Crippen LogP contribution in [0.1, 0.15) is 29.7 Å². The van der Waals surface area contributed by atoms with E-state index in [1.165, 1.54) is 0 Å². The number of rotatable bonds is 7. The summed E-state index contributed by atoms with van der Waals surface area (Å²) in [5, 5.41) is 21.7. The zero-order valence-corrected chi connectivity index (χ0v) is 13.2. The Kier molecular flexibility index (Phi) is 4.89. The van der Waals surface area contributed by atoms with Gasteiger partial charge in [0.05, 0.1) is 9.93 Å². The number of nitrogens with zero attached hydrogens (tertiary/aromatic N) is 4. The molecule has 7 nitrogen and oxygen atoms in total. The van der Waals surface area contributed by atoms with Crippen molar-refractivity contribution in [3.8, 4) is 0 Å². The summed E-state index contributed by atoms with van der Waals surface area (Å²) in [5.41, 5.74) is 1.64. The largest absolute Gasteiger partial charge is 0.364 e. The van der Waals surface area contributed by atoms with E-state index in [0.29, 0.717) is 24.5 Å². The van der Waals surface area contributed by atoms with Crippen LogP contribution in [0, 0.1) is 17.0 Å². The van der Waals surface area contributed by atoms with Crippen molar-refractivity contribution in [3.63, 3.8) is 0 Å². The summed E-state index contributed by atoms with van der Waals surface area (Å²) in [5.74, 6) is 0.469. The van der Waals surface area contributed by atoms with Crippen LogP contribution in [0.3, 0.4) is 0 Å². The van der Waals surface area contributed by atoms with Gasteiger partial charge >= 0.3 is 5.69 Å². The van der Waals surface area contributed by atoms with E-state index in [1.807, 2.05) is 19.2 Å². The number of aromatic nitrogens is 3. The van der Waals surface area contributed by atoms with E-state index in [4.69, 9.17) is 0 Å². The van der Waals surface area contributed by atoms with Gasteiger partial charge in [0.25, 0.3) is 0 Å². The van der Waals surface area contributed by atoms with Gasteiger partial charge < -0.3 is 5.32 Å². The molecule has 0 aromatic carbocycles. The molecule has 8 heteroatoms. The van der Waals surface area contributed by atoms with Crippen LogP contribution in [0.5, 0.6) is 0 Å². The van der Waals surface area contributed by atoms with Crippen LogP contribution in [-0.4, -0.2) is 26.2 Å². The molecule has 2 aromatic rings. The van der Waals surface area contributed by atoms with Crippen molar-refractivity contribution in [2.24, 2.45) is 7.05 Å². The molecule has 0 spiro atoms. The predicted octanol–water partition coefficient (Wildman–Crippen LogP) is 2.70. The molecule has 0 amide bonds. The molecule has 0 fully saturated rings. The maximum Gasteiger partial charge on any atom is 0.333 e. The van der Waals surface area contributed by atoms with Crippen LogP contribution in [0.4, 0.5) is 11.5 Å². The van der Waals surface area contributed by atoms with Gasteiger partial charge in [-0.25, -0.2) is 9.67 Å². The van der Waals surface area contributed by atoms with Crippen LogP contribution in [0.25, 0.3) is 0 Å². The normalized spacial score (nSPS) is 10.8. The van der Waals surface area contributed by atoms with E-state index in [0.717, 1.165) is 23.5 Å². The number of aryl methyl sites for hydroxylation is 3. The molecule has 0 bridgehead atoms. The molecule has 0 aliphatic carbocycles. The minimum absolute atomic E-state index is 0.0923. The summed E-state index contributed by atoms with van der Waals surface area (Å²) in [6.07, 6.45) is 2.18. The Bertz CT molecular complexity index is 635. The maximum absolute atomic E-state index is 11.3. The number of hydrogen-bond donors (Lipinski definition) is 1. The monoisotopic (exact) mass is 309 g/mol. The zero-order chi connectivity index (χ0) is 15.4. The fraction of sp³-hybridized carbons (Fsp3) is 0.538. The first-order valence-corrected chi connectivity index (χ1v) is 7.76. The average Bonchev–Trinajstić information content (AvgIpc) is 2.95. The Hall–Kier alpha value is -1.96. The highest BCUT2D eigenvalue weighted by Gasteiger charge is 2.25. The molecule has 0 unspecified atom stereocenters. The van der Waals surface area contributed by atoms with E-state index in [2.05, 4.69) is 15.4 Å². The van der Waals surface area contributed by atoms with Crippen molar-refractivity contribution < 1.29 is 4.92 Å². The summed E-state index contributed by atoms with van der Waals surface area (Å²) in [6, 6.07) is 0. The number of nitro groups is 1. The van der Waals surface area contributed by atoms with Crippen LogP contribution in [0.15, 0.2) is 5.38 Å². The number of anilines is 1. The zero-order valence-electron chi connectivity index (χ0n) is 12.4. The summed E-state index contributed by atoms with van der Waals surface area (Å²) in [4.78, 5) is 15.3. The van der Waals surface area contributed by atoms with Crippen molar-refractivity contribution in [1.29, 1.82) is 0 Å². The first-order chi connectivity index (χ1) is 10.0. The second-order valence-electron chi connectivity index (χ2n) is 4.83. The molecule has 0 aliphatic heterocycles. The van der Waals surface area contributed by atoms with Gasteiger partial charge in [0.2, 0.25) is 5.82 Å². The number of hydrogen-bond acceptors (Lipinski definition) is 6. The average molecular weight is 309 g/mol. The SMILES string of the molecule is CCCc1nn(C)c(NCCc2nc(C)cs2)c1[N+](=O)[O-]. The van der Waals surface area contributed by atoms with E-state index in [9.17, 15) is 10.1 Å². The molecule has 2 rings (SSSR count). The van der Waals surface area contributed by atoms with Gasteiger partial charge in [0, 0.05) is 31.1 Å². The van der Waals surface area contributed by atoms with Crippen molar-refractivity contribution in [1.82, 2.24) is 14.8 Å². The van der Waals surface area contributed by atoms with Crippen LogP contribution < -0.4 is 5.32 Å². The molecule has 0 radical (unpaired) electrons. The fourth-order valence-electron chi connectivity index (χ4n) is 2.17. The molecule has 0 saturated heterocycles. The molecular formula is C13H19N5O2S. The highest BCUT2D eigenvalue weighted by Crippen LogP contribution is 2.28. The van der Waals surface area contributed by atoms with Gasteiger partial charge in [-0.15, -0.1) is 11.3 Å². The lowest BCUT2D eigenvalue weighted by molar-refractivity contribution is -0.384. The highest BCUT2D eigenvalue weighted by molar-refractivity contribution is 7.09. The third-order valence-corrected chi connectivity index (χ3v) is 4.09. The lowest BCUT2D eigenvalue weighted by Crippen LogP contribution is -2.10. The lowest BCUT2D eigenvalue weighted by atomic mass is 10.2. The molecule has 0 aliphatic rings. The number of nitrogens with one attached hydrogen (secondary N) is 1. The fourth-order valence-corrected chi connectivity index (χ4v) is 2.94. The van der Waals surface area contributed by atoms with Gasteiger partial charge in [0.15, 0.2) is 0 Å². The van der Waals surface area contributed by atoms with Gasteiger partial charge in [0.1, 0.15) is 5.69 Å². The van der Waals surface area contributed by atoms with Crippen LogP contribution in [0.2, 0.25) is 0 Å². The van der Waals surface area contributed by atoms with Crippen molar-refractivity contribution in [2.75, 3.05) is 11.9 Å². The molecule has 0 saturated carbocycles. The first kappa shape index (κ1) is 15.4. The van der Waals surface area contributed by atoms with E-state index < -0.39 is 0 Å². The maximum atomic E-state index is 11.3. The third-order valence-electron chi connectivity index (χ3n) is 3.06. The van der Waals surface area contributed by atoms with Gasteiger partial charge in [-0.1, -0.05) is 13.3 Å². The Labute approximate surface area is 127 Å². The van der Waals surface area contributed by atoms with Crippen molar-refractivity contribution >= 4 is 22.8 Å². The van der Waals surface area contributed by atoms with Gasteiger partial charge in [-0.2, -0.15) is 5.10 Å². The Morgan fingerprint density at radius 1 is 1.48 bits per heavy atom. The summed E-state index contributed by atoms with van der Waals surface area (Å²) < 4.78 is 1.55. The molecule has 2 heterocycles. The van der Waals surface area contributed by atoms with Crippen LogP contribution in [-0.2, 0) is 19.9 Å². The predicted molar refractivity (Wildman–Crippen MR) is 82.9 cm³/mol. The first-order valence-electron chi connectivity index (χ1n) is 6.88. The summed E-state index contributed by atoms with van der Waals surface area (Å²) in [7, 11) is 1.72. The quantitative estimate of drug-likeness (QED) is 0.628. The van der Waals surface area contributed by atoms with Gasteiger partial charge in [-0.3, -0.25) is 10.1 Å². The Morgan fingerprint density at radius 2 is 2.24 bits per heavy atom. The minimum Gasteiger partial charge on any atom is -0.364 e. The molecule has 21 heavy (non-hydrogen) atoms. The molecule has 114 valence electrons. The lowest BCUT2D eigenvalue weighted by Gasteiger charge is -2.04. The standard InChI is InChI=1S/C13H19N5O2S/c1-4-5-10-12(18(19)20)13(17(3)16-10)14-7-6-11-15-9(2)8-21-11/h8,14H,4-7H2,1-3H3. The second-order valence-corrected chi connectivity index (χ2v) is 5.78.